The largest absolute Gasteiger partial charge is 0.121 e. The van der Waals surface area contributed by atoms with Crippen LogP contribution in [0.25, 0.3) is 0 Å². The highest BCUT2D eigenvalue weighted by Crippen LogP contribution is 2.29. The van der Waals surface area contributed by atoms with Crippen molar-refractivity contribution in [3.05, 3.63) is 59.2 Å². The summed E-state index contributed by atoms with van der Waals surface area (Å²) in [6.07, 6.45) is 3.88. The predicted molar refractivity (Wildman–Crippen MR) is 97.5 cm³/mol. The second-order valence-corrected chi connectivity index (χ2v) is 13.1. The average Bonchev–Trinajstić information content (AvgIpc) is 2.92. The Labute approximate surface area is 134 Å². The van der Waals surface area contributed by atoms with Crippen molar-refractivity contribution in [3.63, 3.8) is 0 Å². The summed E-state index contributed by atoms with van der Waals surface area (Å²) in [5.74, 6) is 1.07. The number of aryl methyl sites for hydroxylation is 2. The molecule has 0 bridgehead atoms. The monoisotopic (exact) mass is 312 g/mol. The molecule has 0 spiro atoms. The lowest BCUT2D eigenvalue weighted by Crippen LogP contribution is -2.37. The van der Waals surface area contributed by atoms with E-state index in [4.69, 9.17) is 0 Å². The van der Waals surface area contributed by atoms with E-state index in [1.54, 1.807) is 16.3 Å². The maximum absolute atomic E-state index is 2.41. The van der Waals surface area contributed by atoms with Crippen molar-refractivity contribution >= 4 is 25.0 Å². The highest BCUT2D eigenvalue weighted by molar-refractivity contribution is 7.98. The van der Waals surface area contributed by atoms with Gasteiger partial charge in [-0.05, 0) is 48.1 Å². The van der Waals surface area contributed by atoms with Gasteiger partial charge >= 0.3 is 0 Å². The first-order valence-corrected chi connectivity index (χ1v) is 12.3. The minimum atomic E-state index is -1.16. The quantitative estimate of drug-likeness (QED) is 0.565. The zero-order chi connectivity index (χ0) is 14.9. The number of hydrogen-bond donors (Lipinski definition) is 0. The molecule has 0 amide bonds. The van der Waals surface area contributed by atoms with Crippen LogP contribution in [0.2, 0.25) is 19.6 Å². The molecule has 0 nitrogen and oxygen atoms in total. The van der Waals surface area contributed by atoms with E-state index < -0.39 is 8.07 Å². The lowest BCUT2D eigenvalue weighted by atomic mass is 10.1. The number of thioether (sulfide) groups is 1. The molecule has 2 aromatic rings. The molecular weight excluding hydrogens is 288 g/mol. The Morgan fingerprint density at radius 2 is 1.62 bits per heavy atom. The molecule has 0 saturated carbocycles. The zero-order valence-electron chi connectivity index (χ0n) is 13.3. The van der Waals surface area contributed by atoms with Gasteiger partial charge in [0.1, 0.15) is 0 Å². The lowest BCUT2D eigenvalue weighted by Gasteiger charge is -2.16. The van der Waals surface area contributed by atoms with Crippen LogP contribution < -0.4 is 5.19 Å². The van der Waals surface area contributed by atoms with Crippen LogP contribution in [0.3, 0.4) is 0 Å². The molecule has 0 heterocycles. The Balaban J connectivity index is 1.65. The molecule has 0 aromatic heterocycles. The number of fused-ring (bicyclic) bond motifs is 1. The minimum Gasteiger partial charge on any atom is -0.121 e. The Kier molecular flexibility index (Phi) is 4.28. The highest BCUT2D eigenvalue weighted by atomic mass is 32.2. The third-order valence-corrected chi connectivity index (χ3v) is 7.43. The van der Waals surface area contributed by atoms with E-state index in [1.165, 1.54) is 29.7 Å². The van der Waals surface area contributed by atoms with Gasteiger partial charge in [0.05, 0.1) is 8.07 Å². The third-order valence-electron chi connectivity index (χ3n) is 4.30. The summed E-state index contributed by atoms with van der Waals surface area (Å²) in [6.45, 7) is 7.21. The summed E-state index contributed by atoms with van der Waals surface area (Å²) in [6, 6.07) is 16.3. The van der Waals surface area contributed by atoms with Crippen LogP contribution >= 0.6 is 11.8 Å². The lowest BCUT2D eigenvalue weighted by molar-refractivity contribution is 0.911. The van der Waals surface area contributed by atoms with Crippen LogP contribution in [0, 0.1) is 0 Å². The summed E-state index contributed by atoms with van der Waals surface area (Å²) >= 11 is 1.96. The van der Waals surface area contributed by atoms with E-state index in [0.29, 0.717) is 0 Å². The first kappa shape index (κ1) is 14.9. The highest BCUT2D eigenvalue weighted by Gasteiger charge is 2.15. The first-order valence-electron chi connectivity index (χ1n) is 7.86. The molecule has 2 heteroatoms. The summed E-state index contributed by atoms with van der Waals surface area (Å²) in [5.41, 5.74) is 4.58. The first-order chi connectivity index (χ1) is 10.0. The van der Waals surface area contributed by atoms with Crippen LogP contribution in [-0.4, -0.2) is 8.07 Å². The van der Waals surface area contributed by atoms with Crippen LogP contribution in [0.15, 0.2) is 47.4 Å². The molecule has 110 valence electrons. The second kappa shape index (κ2) is 6.02. The third kappa shape index (κ3) is 3.61. The summed E-state index contributed by atoms with van der Waals surface area (Å²) in [4.78, 5) is 1.42. The van der Waals surface area contributed by atoms with E-state index in [0.717, 1.165) is 5.75 Å². The summed E-state index contributed by atoms with van der Waals surface area (Å²) in [5, 5.41) is 1.55. The Hall–Kier alpha value is -0.993. The van der Waals surface area contributed by atoms with Gasteiger partial charge in [0.2, 0.25) is 0 Å². The number of hydrogen-bond acceptors (Lipinski definition) is 1. The Bertz CT molecular complexity index is 623. The molecule has 21 heavy (non-hydrogen) atoms. The Morgan fingerprint density at radius 3 is 2.33 bits per heavy atom. The Morgan fingerprint density at radius 1 is 0.905 bits per heavy atom. The zero-order valence-corrected chi connectivity index (χ0v) is 15.1. The molecule has 0 unspecified atom stereocenters. The van der Waals surface area contributed by atoms with Crippen molar-refractivity contribution in [1.82, 2.24) is 0 Å². The fourth-order valence-electron chi connectivity index (χ4n) is 2.91. The average molecular weight is 313 g/mol. The molecule has 1 aliphatic rings. The van der Waals surface area contributed by atoms with Crippen molar-refractivity contribution in [2.75, 3.05) is 0 Å². The SMILES string of the molecule is C[Si](C)(C)c1ccc(CSc2ccc3c(c2)CCC3)cc1. The van der Waals surface area contributed by atoms with Crippen molar-refractivity contribution in [3.8, 4) is 0 Å². The molecule has 2 aromatic carbocycles. The minimum absolute atomic E-state index is 1.07. The van der Waals surface area contributed by atoms with Crippen LogP contribution in [0.1, 0.15) is 23.1 Å². The van der Waals surface area contributed by atoms with Crippen LogP contribution in [0.5, 0.6) is 0 Å². The van der Waals surface area contributed by atoms with Crippen molar-refractivity contribution < 1.29 is 0 Å². The van der Waals surface area contributed by atoms with E-state index >= 15 is 0 Å². The van der Waals surface area contributed by atoms with Crippen molar-refractivity contribution in [2.45, 2.75) is 49.6 Å². The van der Waals surface area contributed by atoms with Gasteiger partial charge in [-0.25, -0.2) is 0 Å². The predicted octanol–water partition coefficient (Wildman–Crippen LogP) is 5.01. The van der Waals surface area contributed by atoms with Gasteiger partial charge in [-0.15, -0.1) is 11.8 Å². The van der Waals surface area contributed by atoms with Gasteiger partial charge in [0.15, 0.2) is 0 Å². The van der Waals surface area contributed by atoms with Crippen molar-refractivity contribution in [2.24, 2.45) is 0 Å². The molecule has 1 aliphatic carbocycles. The number of rotatable bonds is 4. The van der Waals surface area contributed by atoms with Gasteiger partial charge < -0.3 is 0 Å². The summed E-state index contributed by atoms with van der Waals surface area (Å²) in [7, 11) is -1.16. The molecule has 3 rings (SSSR count). The number of benzene rings is 2. The molecule has 0 saturated heterocycles. The van der Waals surface area contributed by atoms with E-state index in [9.17, 15) is 0 Å². The van der Waals surface area contributed by atoms with E-state index in [2.05, 4.69) is 62.1 Å². The maximum atomic E-state index is 2.41. The normalized spacial score (nSPS) is 14.2. The molecular formula is C19H24SSi. The smallest absolute Gasteiger partial charge is 0.0775 e. The topological polar surface area (TPSA) is 0 Å². The van der Waals surface area contributed by atoms with Crippen LogP contribution in [-0.2, 0) is 18.6 Å². The van der Waals surface area contributed by atoms with E-state index in [-0.39, 0.29) is 0 Å². The molecule has 0 aliphatic heterocycles. The maximum Gasteiger partial charge on any atom is 0.0775 e. The van der Waals surface area contributed by atoms with Gasteiger partial charge in [0.25, 0.3) is 0 Å². The van der Waals surface area contributed by atoms with Gasteiger partial charge in [0, 0.05) is 10.6 Å². The standard InChI is InChI=1S/C19H24SSi/c1-21(2,3)19-11-7-15(8-12-19)14-20-18-10-9-16-5-4-6-17(16)13-18/h7-13H,4-6,14H2,1-3H3. The molecule has 0 fully saturated rings. The van der Waals surface area contributed by atoms with Crippen molar-refractivity contribution in [1.29, 1.82) is 0 Å². The van der Waals surface area contributed by atoms with Gasteiger partial charge in [-0.1, -0.05) is 55.2 Å². The van der Waals surface area contributed by atoms with Gasteiger partial charge in [-0.3, -0.25) is 0 Å². The summed E-state index contributed by atoms with van der Waals surface area (Å²) < 4.78 is 0. The fraction of sp³-hybridized carbons (Fsp3) is 0.368. The molecule has 0 atom stereocenters. The van der Waals surface area contributed by atoms with E-state index in [1.807, 2.05) is 11.8 Å². The van der Waals surface area contributed by atoms with Crippen LogP contribution in [0.4, 0.5) is 0 Å². The second-order valence-electron chi connectivity index (χ2n) is 7.02. The molecule has 0 N–H and O–H groups in total. The fourth-order valence-corrected chi connectivity index (χ4v) is 4.99. The molecule has 0 radical (unpaired) electrons. The van der Waals surface area contributed by atoms with Gasteiger partial charge in [-0.2, -0.15) is 0 Å².